The van der Waals surface area contributed by atoms with Crippen molar-refractivity contribution in [3.8, 4) is 23.0 Å². The number of alkyl halides is 8. The number of nitrogens with two attached hydrogens (primary N) is 2. The highest BCUT2D eigenvalue weighted by molar-refractivity contribution is 8.00. The molecule has 14 nitrogen and oxygen atoms in total. The van der Waals surface area contributed by atoms with Gasteiger partial charge in [-0.25, -0.2) is 22.8 Å². The standard InChI is InChI=1S/C31H27ClF5N5O4S2.C10H11F5N2.C5H11N3/c1-30(2,47-3)10-9-20-5-6-21(26(39-20)24(38-16-43)13-17-11-18(33)14-19(34)12-17)22-7-8-23(32)25-27(22)41(15-31(35,36)37)40-28(25)42(29(44)45)48(4)46;1-3-17-8-6(5(2)4-9(8,11)12)7(16-17)10(13,14)15;6-5(7)8-4-2-1-3-4/h5-8,11-12,14,16,24H,13,15H2,1-4H3,(H,38,43)(H,44,45);5H,3-4H2,1-2H3;4H,1-3H2,(H4,6,7,8)/t;5-;/m.0./s1. The summed E-state index contributed by atoms with van der Waals surface area (Å²) >= 11 is 7.93. The van der Waals surface area contributed by atoms with Gasteiger partial charge in [-0.1, -0.05) is 30.5 Å². The highest BCUT2D eigenvalue weighted by atomic mass is 35.5. The van der Waals surface area contributed by atoms with Crippen molar-refractivity contribution in [2.24, 2.45) is 16.5 Å². The van der Waals surface area contributed by atoms with Crippen molar-refractivity contribution in [2.75, 3.05) is 16.8 Å². The van der Waals surface area contributed by atoms with Crippen molar-refractivity contribution in [3.63, 3.8) is 0 Å². The number of thioether (sulfide) groups is 1. The molecule has 3 heterocycles. The Morgan fingerprint density at radius 1 is 1.07 bits per heavy atom. The Morgan fingerprint density at radius 2 is 1.70 bits per heavy atom. The van der Waals surface area contributed by atoms with E-state index in [1.807, 2.05) is 20.1 Å². The van der Waals surface area contributed by atoms with Crippen molar-refractivity contribution in [3.05, 3.63) is 93.0 Å². The van der Waals surface area contributed by atoms with Gasteiger partial charge in [-0.2, -0.15) is 49.6 Å². The molecule has 3 atom stereocenters. The van der Waals surface area contributed by atoms with Crippen LogP contribution < -0.4 is 21.1 Å². The number of anilines is 1. The number of rotatable bonds is 12. The summed E-state index contributed by atoms with van der Waals surface area (Å²) in [5, 5.41) is 19.1. The topological polar surface area (TPSA) is 200 Å². The second-order valence-electron chi connectivity index (χ2n) is 17.2. The molecule has 5 aromatic rings. The summed E-state index contributed by atoms with van der Waals surface area (Å²) in [5.74, 6) is -0.141. The van der Waals surface area contributed by atoms with E-state index in [0.29, 0.717) is 23.2 Å². The van der Waals surface area contributed by atoms with E-state index in [-0.39, 0.29) is 72.8 Å². The predicted molar refractivity (Wildman–Crippen MR) is 258 cm³/mol. The Hall–Kier alpha value is -6.07. The number of carbonyl (C=O) groups is 2. The molecule has 1 saturated carbocycles. The van der Waals surface area contributed by atoms with E-state index in [4.69, 9.17) is 23.1 Å². The molecule has 73 heavy (non-hydrogen) atoms. The lowest BCUT2D eigenvalue weighted by molar-refractivity contribution is -0.142. The van der Waals surface area contributed by atoms with E-state index in [1.54, 1.807) is 0 Å². The number of carboxylic acid groups (broad SMARTS) is 1. The van der Waals surface area contributed by atoms with Crippen LogP contribution in [0.5, 0.6) is 0 Å². The molecule has 1 fully saturated rings. The van der Waals surface area contributed by atoms with Crippen LogP contribution in [0.25, 0.3) is 22.0 Å². The zero-order valence-electron chi connectivity index (χ0n) is 39.7. The number of pyridine rings is 1. The largest absolute Gasteiger partial charge is 0.464 e. The molecule has 0 saturated heterocycles. The van der Waals surface area contributed by atoms with E-state index >= 15 is 0 Å². The maximum atomic E-state index is 14.1. The van der Waals surface area contributed by atoms with Crippen molar-refractivity contribution in [2.45, 2.75) is 114 Å². The van der Waals surface area contributed by atoms with Gasteiger partial charge in [0.1, 0.15) is 40.6 Å². The van der Waals surface area contributed by atoms with Crippen molar-refractivity contribution in [1.29, 1.82) is 0 Å². The maximum Gasteiger partial charge on any atom is 0.435 e. The number of fused-ring (bicyclic) bond motifs is 2. The van der Waals surface area contributed by atoms with Gasteiger partial charge in [0.15, 0.2) is 17.5 Å². The second kappa shape index (κ2) is 23.0. The number of aryl methyl sites for hydroxylation is 1. The molecule has 0 bridgehead atoms. The Labute approximate surface area is 423 Å². The highest BCUT2D eigenvalue weighted by Crippen LogP contribution is 2.52. The number of halogens is 11. The van der Waals surface area contributed by atoms with Crippen LogP contribution in [0.2, 0.25) is 5.02 Å². The van der Waals surface area contributed by atoms with Crippen LogP contribution in [0.15, 0.2) is 47.5 Å². The summed E-state index contributed by atoms with van der Waals surface area (Å²) in [6.45, 7) is 4.94. The number of nitrogens with one attached hydrogen (secondary N) is 1. The Kier molecular flexibility index (Phi) is 18.2. The summed E-state index contributed by atoms with van der Waals surface area (Å²) in [7, 11) is -2.29. The fourth-order valence-corrected chi connectivity index (χ4v) is 8.87. The minimum atomic E-state index is -4.84. The summed E-state index contributed by atoms with van der Waals surface area (Å²) in [4.78, 5) is 32.5. The number of carbonyl (C=O) groups excluding carboxylic acids is 1. The third-order valence-corrected chi connectivity index (χ3v) is 13.6. The van der Waals surface area contributed by atoms with Crippen LogP contribution in [0.3, 0.4) is 0 Å². The maximum absolute atomic E-state index is 14.1. The van der Waals surface area contributed by atoms with Gasteiger partial charge < -0.3 is 21.9 Å². The average molecular weight is 1100 g/mol. The van der Waals surface area contributed by atoms with Gasteiger partial charge in [0, 0.05) is 42.0 Å². The van der Waals surface area contributed by atoms with E-state index in [9.17, 15) is 62.8 Å². The van der Waals surface area contributed by atoms with Gasteiger partial charge in [-0.05, 0) is 100 Å². The molecule has 2 aromatic carbocycles. The molecule has 2 aliphatic carbocycles. The Balaban J connectivity index is 0.000000319. The van der Waals surface area contributed by atoms with Gasteiger partial charge in [0.05, 0.1) is 38.5 Å². The number of hydrogen-bond donors (Lipinski definition) is 4. The van der Waals surface area contributed by atoms with Gasteiger partial charge in [-0.15, -0.1) is 11.8 Å². The van der Waals surface area contributed by atoms with Crippen LogP contribution in [0.1, 0.15) is 99.2 Å². The van der Waals surface area contributed by atoms with Crippen molar-refractivity contribution >= 4 is 69.5 Å². The summed E-state index contributed by atoms with van der Waals surface area (Å²) in [5.41, 5.74) is 8.47. The van der Waals surface area contributed by atoms with E-state index in [0.717, 1.165) is 35.9 Å². The van der Waals surface area contributed by atoms with Gasteiger partial charge in [0.2, 0.25) is 6.41 Å². The minimum Gasteiger partial charge on any atom is -0.464 e. The third kappa shape index (κ3) is 14.2. The molecule has 0 aliphatic heterocycles. The monoisotopic (exact) mass is 1090 g/mol. The van der Waals surface area contributed by atoms with Gasteiger partial charge in [-0.3, -0.25) is 19.2 Å². The SMILES string of the molecule is CCn1nc(C(F)(F)F)c2c1C(F)(F)C[C@@H]2C.CSC(C)(C)C#Cc1ccc(-c2ccc(Cl)c3c(N(C(=O)O)S(C)=O)nn(CC(F)(F)F)c23)c(C(Cc2cc(F)cc(F)c2)NC=O)n1.NC(N)=NC1CCC1. The first-order valence-corrected chi connectivity index (χ1v) is 25.0. The molecular formula is C46H49ClF10N10O4S2. The lowest BCUT2D eigenvalue weighted by Crippen LogP contribution is -2.31. The van der Waals surface area contributed by atoms with Crippen LogP contribution in [-0.2, 0) is 47.4 Å². The molecule has 7 rings (SSSR count). The molecular weight excluding hydrogens is 1050 g/mol. The zero-order chi connectivity index (χ0) is 54.5. The first kappa shape index (κ1) is 57.8. The van der Waals surface area contributed by atoms with Crippen LogP contribution >= 0.6 is 23.4 Å². The molecule has 396 valence electrons. The summed E-state index contributed by atoms with van der Waals surface area (Å²) in [6, 6.07) is 7.78. The fourth-order valence-electron chi connectivity index (χ4n) is 7.89. The molecule has 2 unspecified atom stereocenters. The zero-order valence-corrected chi connectivity index (χ0v) is 42.1. The van der Waals surface area contributed by atoms with Crippen LogP contribution in [0, 0.1) is 23.5 Å². The number of aliphatic imine (C=N–C) groups is 1. The number of benzene rings is 2. The fraction of sp³-hybridized carbons (Fsp3) is 0.435. The van der Waals surface area contributed by atoms with E-state index in [2.05, 4.69) is 37.3 Å². The smallest absolute Gasteiger partial charge is 0.435 e. The average Bonchev–Trinajstić information content (AvgIpc) is 3.91. The molecule has 0 radical (unpaired) electrons. The lowest BCUT2D eigenvalue weighted by Gasteiger charge is -2.21. The normalized spacial score (nSPS) is 16.0. The number of hydrogen-bond acceptors (Lipinski definition) is 8. The summed E-state index contributed by atoms with van der Waals surface area (Å²) < 4.78 is 149. The van der Waals surface area contributed by atoms with E-state index < -0.39 is 93.9 Å². The Morgan fingerprint density at radius 3 is 2.19 bits per heavy atom. The van der Waals surface area contributed by atoms with Crippen LogP contribution in [0.4, 0.5) is 54.5 Å². The third-order valence-electron chi connectivity index (χ3n) is 11.3. The van der Waals surface area contributed by atoms with E-state index in [1.165, 1.54) is 56.3 Å². The molecule has 6 N–H and O–H groups in total. The number of nitrogens with zero attached hydrogens (tertiary/aromatic N) is 7. The van der Waals surface area contributed by atoms with Gasteiger partial charge in [0.25, 0.3) is 5.92 Å². The minimum absolute atomic E-state index is 0.000718. The molecule has 0 spiro atoms. The quantitative estimate of drug-likeness (QED) is 0.0306. The lowest BCUT2D eigenvalue weighted by atomic mass is 9.94. The molecule has 27 heteroatoms. The van der Waals surface area contributed by atoms with Crippen molar-refractivity contribution < 1.29 is 62.8 Å². The Bertz CT molecular complexity index is 2930. The van der Waals surface area contributed by atoms with Gasteiger partial charge >= 0.3 is 18.4 Å². The van der Waals surface area contributed by atoms with Crippen molar-refractivity contribution in [1.82, 2.24) is 29.9 Å². The molecule has 2 aliphatic rings. The molecule has 2 amide bonds. The summed E-state index contributed by atoms with van der Waals surface area (Å²) in [6.07, 6.45) is -5.25. The first-order valence-electron chi connectivity index (χ1n) is 21.9. The number of aromatic nitrogens is 5. The van der Waals surface area contributed by atoms with Crippen LogP contribution in [-0.4, -0.2) is 81.8 Å². The predicted octanol–water partition coefficient (Wildman–Crippen LogP) is 10.2. The first-order chi connectivity index (χ1) is 33.9. The second-order valence-corrected chi connectivity index (χ2v) is 20.2. The highest BCUT2D eigenvalue weighted by Gasteiger charge is 2.53. The molecule has 3 aromatic heterocycles. The number of amides is 2. The number of guanidine groups is 1.